The first kappa shape index (κ1) is 22.3. The standard InChI is InChI=1S/C24H27FN2O4/c1-17-7-12-20(31-17)15-26(14-18-8-10-19(25)11-9-18)22(28)16-27(24(2,3)4)23(29)21-6-5-13-30-21/h5-13H,14-16H2,1-4H3. The van der Waals surface area contributed by atoms with Crippen LogP contribution in [0.5, 0.6) is 0 Å². The molecule has 0 saturated carbocycles. The molecule has 2 heterocycles. The molecule has 0 bridgehead atoms. The Kier molecular flexibility index (Phi) is 6.63. The third-order valence-corrected chi connectivity index (χ3v) is 4.86. The molecule has 0 unspecified atom stereocenters. The molecule has 0 aliphatic rings. The highest BCUT2D eigenvalue weighted by atomic mass is 19.1. The van der Waals surface area contributed by atoms with Gasteiger partial charge in [0.1, 0.15) is 23.9 Å². The largest absolute Gasteiger partial charge is 0.464 e. The van der Waals surface area contributed by atoms with E-state index in [0.717, 1.165) is 11.3 Å². The summed E-state index contributed by atoms with van der Waals surface area (Å²) < 4.78 is 24.2. The van der Waals surface area contributed by atoms with E-state index >= 15 is 0 Å². The van der Waals surface area contributed by atoms with Crippen LogP contribution in [0.3, 0.4) is 0 Å². The molecule has 2 amide bonds. The van der Waals surface area contributed by atoms with Crippen molar-refractivity contribution in [1.82, 2.24) is 9.80 Å². The molecule has 3 rings (SSSR count). The number of aryl methyl sites for hydroxylation is 1. The zero-order chi connectivity index (χ0) is 22.6. The smallest absolute Gasteiger partial charge is 0.290 e. The van der Waals surface area contributed by atoms with E-state index in [4.69, 9.17) is 8.83 Å². The molecule has 0 spiro atoms. The summed E-state index contributed by atoms with van der Waals surface area (Å²) in [6.45, 7) is 7.77. The molecule has 31 heavy (non-hydrogen) atoms. The zero-order valence-electron chi connectivity index (χ0n) is 18.2. The highest BCUT2D eigenvalue weighted by molar-refractivity contribution is 5.94. The van der Waals surface area contributed by atoms with E-state index in [1.165, 1.54) is 23.3 Å². The SMILES string of the molecule is Cc1ccc(CN(Cc2ccc(F)cc2)C(=O)CN(C(=O)c2ccco2)C(C)(C)C)o1. The average Bonchev–Trinajstić information content (AvgIpc) is 3.37. The number of amides is 2. The van der Waals surface area contributed by atoms with Gasteiger partial charge in [-0.3, -0.25) is 9.59 Å². The molecule has 0 aliphatic carbocycles. The fourth-order valence-corrected chi connectivity index (χ4v) is 3.18. The van der Waals surface area contributed by atoms with Crippen LogP contribution >= 0.6 is 0 Å². The summed E-state index contributed by atoms with van der Waals surface area (Å²) in [7, 11) is 0. The van der Waals surface area contributed by atoms with E-state index in [1.54, 1.807) is 29.2 Å². The zero-order valence-corrected chi connectivity index (χ0v) is 18.2. The first-order chi connectivity index (χ1) is 14.6. The summed E-state index contributed by atoms with van der Waals surface area (Å²) in [5.74, 6) is 0.594. The van der Waals surface area contributed by atoms with Gasteiger partial charge in [-0.2, -0.15) is 0 Å². The van der Waals surface area contributed by atoms with Gasteiger partial charge in [0.15, 0.2) is 5.76 Å². The summed E-state index contributed by atoms with van der Waals surface area (Å²) in [6, 6.07) is 12.8. The van der Waals surface area contributed by atoms with Crippen molar-refractivity contribution in [1.29, 1.82) is 0 Å². The number of nitrogens with zero attached hydrogens (tertiary/aromatic N) is 2. The maximum absolute atomic E-state index is 13.3. The lowest BCUT2D eigenvalue weighted by Gasteiger charge is -2.36. The Labute approximate surface area is 181 Å². The predicted molar refractivity (Wildman–Crippen MR) is 114 cm³/mol. The molecule has 0 aliphatic heterocycles. The van der Waals surface area contributed by atoms with E-state index in [-0.39, 0.29) is 43.0 Å². The van der Waals surface area contributed by atoms with Gasteiger partial charge in [0.25, 0.3) is 5.91 Å². The van der Waals surface area contributed by atoms with Crippen molar-refractivity contribution >= 4 is 11.8 Å². The van der Waals surface area contributed by atoms with E-state index in [2.05, 4.69) is 0 Å². The molecule has 1 aromatic carbocycles. The summed E-state index contributed by atoms with van der Waals surface area (Å²) in [6.07, 6.45) is 1.43. The van der Waals surface area contributed by atoms with Gasteiger partial charge >= 0.3 is 0 Å². The Morgan fingerprint density at radius 1 is 1.00 bits per heavy atom. The van der Waals surface area contributed by atoms with Crippen LogP contribution in [-0.4, -0.2) is 33.7 Å². The van der Waals surface area contributed by atoms with Crippen molar-refractivity contribution in [2.45, 2.75) is 46.3 Å². The molecule has 0 fully saturated rings. The van der Waals surface area contributed by atoms with Crippen LogP contribution in [0.4, 0.5) is 4.39 Å². The van der Waals surface area contributed by atoms with Crippen LogP contribution in [0.15, 0.2) is 63.6 Å². The lowest BCUT2D eigenvalue weighted by atomic mass is 10.1. The molecular weight excluding hydrogens is 399 g/mol. The van der Waals surface area contributed by atoms with Crippen LogP contribution < -0.4 is 0 Å². The second-order valence-corrected chi connectivity index (χ2v) is 8.43. The van der Waals surface area contributed by atoms with Gasteiger partial charge in [0.05, 0.1) is 12.8 Å². The lowest BCUT2D eigenvalue weighted by molar-refractivity contribution is -0.134. The Balaban J connectivity index is 1.84. The summed E-state index contributed by atoms with van der Waals surface area (Å²) in [4.78, 5) is 29.4. The number of rotatable bonds is 7. The summed E-state index contributed by atoms with van der Waals surface area (Å²) in [5, 5.41) is 0. The van der Waals surface area contributed by atoms with Crippen molar-refractivity contribution in [3.05, 3.63) is 83.5 Å². The number of carbonyl (C=O) groups is 2. The Morgan fingerprint density at radius 2 is 1.71 bits per heavy atom. The molecule has 6 nitrogen and oxygen atoms in total. The van der Waals surface area contributed by atoms with Crippen LogP contribution in [-0.2, 0) is 17.9 Å². The first-order valence-electron chi connectivity index (χ1n) is 10.1. The fraction of sp³-hybridized carbons (Fsp3) is 0.333. The van der Waals surface area contributed by atoms with Crippen molar-refractivity contribution < 1.29 is 22.8 Å². The van der Waals surface area contributed by atoms with E-state index < -0.39 is 5.54 Å². The number of hydrogen-bond acceptors (Lipinski definition) is 4. The minimum atomic E-state index is -0.609. The molecule has 7 heteroatoms. The van der Waals surface area contributed by atoms with Gasteiger partial charge in [-0.05, 0) is 69.7 Å². The summed E-state index contributed by atoms with van der Waals surface area (Å²) in [5.41, 5.74) is 0.167. The van der Waals surface area contributed by atoms with E-state index in [1.807, 2.05) is 39.8 Å². The van der Waals surface area contributed by atoms with Gasteiger partial charge in [-0.25, -0.2) is 4.39 Å². The molecule has 0 N–H and O–H groups in total. The normalized spacial score (nSPS) is 11.4. The molecule has 0 radical (unpaired) electrons. The van der Waals surface area contributed by atoms with Crippen molar-refractivity contribution in [3.8, 4) is 0 Å². The predicted octanol–water partition coefficient (Wildman–Crippen LogP) is 4.79. The third kappa shape index (κ3) is 5.84. The van der Waals surface area contributed by atoms with Crippen molar-refractivity contribution in [2.75, 3.05) is 6.54 Å². The van der Waals surface area contributed by atoms with Gasteiger partial charge < -0.3 is 18.6 Å². The van der Waals surface area contributed by atoms with Crippen LogP contribution in [0, 0.1) is 12.7 Å². The average molecular weight is 426 g/mol. The maximum atomic E-state index is 13.3. The van der Waals surface area contributed by atoms with Gasteiger partial charge in [0, 0.05) is 12.1 Å². The van der Waals surface area contributed by atoms with Crippen molar-refractivity contribution in [2.24, 2.45) is 0 Å². The van der Waals surface area contributed by atoms with E-state index in [9.17, 15) is 14.0 Å². The van der Waals surface area contributed by atoms with Crippen LogP contribution in [0.2, 0.25) is 0 Å². The number of carbonyl (C=O) groups excluding carboxylic acids is 2. The van der Waals surface area contributed by atoms with Gasteiger partial charge in [-0.1, -0.05) is 12.1 Å². The topological polar surface area (TPSA) is 66.9 Å². The third-order valence-electron chi connectivity index (χ3n) is 4.86. The number of furan rings is 2. The maximum Gasteiger partial charge on any atom is 0.290 e. The molecule has 164 valence electrons. The van der Waals surface area contributed by atoms with Crippen molar-refractivity contribution in [3.63, 3.8) is 0 Å². The summed E-state index contributed by atoms with van der Waals surface area (Å²) >= 11 is 0. The second kappa shape index (κ2) is 9.20. The quantitative estimate of drug-likeness (QED) is 0.545. The molecular formula is C24H27FN2O4. The first-order valence-corrected chi connectivity index (χ1v) is 10.1. The molecule has 2 aromatic heterocycles. The molecule has 3 aromatic rings. The Morgan fingerprint density at radius 3 is 2.26 bits per heavy atom. The number of halogens is 1. The number of benzene rings is 1. The Hall–Kier alpha value is -3.35. The Bertz CT molecular complexity index is 1020. The fourth-order valence-electron chi connectivity index (χ4n) is 3.18. The van der Waals surface area contributed by atoms with Gasteiger partial charge in [-0.15, -0.1) is 0 Å². The second-order valence-electron chi connectivity index (χ2n) is 8.43. The minimum absolute atomic E-state index is 0.135. The highest BCUT2D eigenvalue weighted by Gasteiger charge is 2.32. The minimum Gasteiger partial charge on any atom is -0.464 e. The highest BCUT2D eigenvalue weighted by Crippen LogP contribution is 2.20. The van der Waals surface area contributed by atoms with Gasteiger partial charge in [0.2, 0.25) is 5.91 Å². The van der Waals surface area contributed by atoms with Crippen LogP contribution in [0.1, 0.15) is 48.4 Å². The molecule has 0 saturated heterocycles. The van der Waals surface area contributed by atoms with E-state index in [0.29, 0.717) is 5.76 Å². The number of hydrogen-bond donors (Lipinski definition) is 0. The lowest BCUT2D eigenvalue weighted by Crippen LogP contribution is -2.51. The monoisotopic (exact) mass is 426 g/mol. The van der Waals surface area contributed by atoms with Crippen LogP contribution in [0.25, 0.3) is 0 Å². The molecule has 0 atom stereocenters.